The van der Waals surface area contributed by atoms with Crippen LogP contribution in [0.5, 0.6) is 0 Å². The van der Waals surface area contributed by atoms with Crippen LogP contribution in [0.4, 0.5) is 9.93 Å². The summed E-state index contributed by atoms with van der Waals surface area (Å²) in [6.07, 6.45) is 2.72. The summed E-state index contributed by atoms with van der Waals surface area (Å²) in [5.41, 5.74) is 0.930. The minimum Gasteiger partial charge on any atom is -0.377 e. The highest BCUT2D eigenvalue weighted by Gasteiger charge is 2.25. The van der Waals surface area contributed by atoms with Crippen molar-refractivity contribution >= 4 is 32.7 Å². The van der Waals surface area contributed by atoms with Crippen molar-refractivity contribution in [3.63, 3.8) is 0 Å². The van der Waals surface area contributed by atoms with E-state index in [0.717, 1.165) is 56.0 Å². The lowest BCUT2D eigenvalue weighted by Gasteiger charge is -2.35. The van der Waals surface area contributed by atoms with Gasteiger partial charge in [0.2, 0.25) is 0 Å². The number of rotatable bonds is 3. The van der Waals surface area contributed by atoms with Crippen LogP contribution >= 0.6 is 11.3 Å². The minimum absolute atomic E-state index is 0.0502. The molecule has 1 atom stereocenters. The molecule has 2 aliphatic heterocycles. The van der Waals surface area contributed by atoms with E-state index < -0.39 is 0 Å². The number of nitrogens with one attached hydrogen (secondary N) is 1. The Hall–Kier alpha value is -1.70. The van der Waals surface area contributed by atoms with Gasteiger partial charge in [0, 0.05) is 39.3 Å². The van der Waals surface area contributed by atoms with Crippen molar-refractivity contribution in [2.24, 2.45) is 0 Å². The molecule has 0 radical (unpaired) electrons. The molecule has 24 heavy (non-hydrogen) atoms. The number of aromatic nitrogens is 1. The van der Waals surface area contributed by atoms with Crippen LogP contribution < -0.4 is 5.32 Å². The lowest BCUT2D eigenvalue weighted by Crippen LogP contribution is -2.51. The molecule has 0 aliphatic carbocycles. The van der Waals surface area contributed by atoms with Gasteiger partial charge in [-0.3, -0.25) is 10.2 Å². The average molecular weight is 346 g/mol. The Kier molecular flexibility index (Phi) is 4.64. The number of carbonyl (C=O) groups is 1. The van der Waals surface area contributed by atoms with Gasteiger partial charge < -0.3 is 9.64 Å². The first kappa shape index (κ1) is 15.8. The van der Waals surface area contributed by atoms with Crippen LogP contribution in [0.1, 0.15) is 12.8 Å². The van der Waals surface area contributed by atoms with Crippen LogP contribution in [0.15, 0.2) is 24.3 Å². The summed E-state index contributed by atoms with van der Waals surface area (Å²) < 4.78 is 6.79. The van der Waals surface area contributed by atoms with Gasteiger partial charge in [0.05, 0.1) is 16.3 Å². The summed E-state index contributed by atoms with van der Waals surface area (Å²) in [5, 5.41) is 3.61. The third kappa shape index (κ3) is 3.53. The fourth-order valence-corrected chi connectivity index (χ4v) is 4.16. The zero-order chi connectivity index (χ0) is 16.4. The van der Waals surface area contributed by atoms with Crippen LogP contribution in [-0.4, -0.2) is 66.2 Å². The zero-order valence-corrected chi connectivity index (χ0v) is 14.4. The maximum absolute atomic E-state index is 12.4. The van der Waals surface area contributed by atoms with E-state index in [1.54, 1.807) is 0 Å². The van der Waals surface area contributed by atoms with E-state index >= 15 is 0 Å². The number of ether oxygens (including phenoxy) is 1. The van der Waals surface area contributed by atoms with Crippen molar-refractivity contribution in [2.75, 3.05) is 44.6 Å². The Balaban J connectivity index is 1.29. The summed E-state index contributed by atoms with van der Waals surface area (Å²) in [5.74, 6) is 0. The Morgan fingerprint density at radius 2 is 2.12 bits per heavy atom. The molecule has 7 heteroatoms. The van der Waals surface area contributed by atoms with E-state index in [0.29, 0.717) is 11.2 Å². The number of carbonyl (C=O) groups excluding carboxylic acids is 1. The summed E-state index contributed by atoms with van der Waals surface area (Å²) in [6, 6.07) is 7.88. The van der Waals surface area contributed by atoms with Crippen molar-refractivity contribution in [3.05, 3.63) is 24.3 Å². The molecular formula is C17H22N4O2S. The molecule has 1 aromatic heterocycles. The molecule has 0 saturated carbocycles. The number of piperazine rings is 1. The normalized spacial score (nSPS) is 22.2. The second kappa shape index (κ2) is 7.04. The van der Waals surface area contributed by atoms with Crippen molar-refractivity contribution in [1.82, 2.24) is 14.8 Å². The van der Waals surface area contributed by atoms with Crippen molar-refractivity contribution in [3.8, 4) is 0 Å². The number of anilines is 1. The molecule has 3 heterocycles. The second-order valence-corrected chi connectivity index (χ2v) is 7.37. The van der Waals surface area contributed by atoms with Gasteiger partial charge in [-0.15, -0.1) is 0 Å². The molecule has 6 nitrogen and oxygen atoms in total. The van der Waals surface area contributed by atoms with Gasteiger partial charge in [-0.1, -0.05) is 23.5 Å². The predicted molar refractivity (Wildman–Crippen MR) is 95.6 cm³/mol. The molecule has 0 unspecified atom stereocenters. The largest absolute Gasteiger partial charge is 0.377 e. The lowest BCUT2D eigenvalue weighted by molar-refractivity contribution is 0.0572. The van der Waals surface area contributed by atoms with Crippen LogP contribution in [0.3, 0.4) is 0 Å². The number of para-hydroxylation sites is 1. The summed E-state index contributed by atoms with van der Waals surface area (Å²) in [4.78, 5) is 21.2. The van der Waals surface area contributed by atoms with Crippen LogP contribution in [-0.2, 0) is 4.74 Å². The second-order valence-electron chi connectivity index (χ2n) is 6.34. The number of benzene rings is 1. The van der Waals surface area contributed by atoms with E-state index in [1.807, 2.05) is 29.2 Å². The first-order valence-electron chi connectivity index (χ1n) is 8.53. The fraction of sp³-hybridized carbons (Fsp3) is 0.529. The van der Waals surface area contributed by atoms with Gasteiger partial charge >= 0.3 is 6.03 Å². The Labute approximate surface area is 145 Å². The predicted octanol–water partition coefficient (Wildman–Crippen LogP) is 2.62. The van der Waals surface area contributed by atoms with Crippen LogP contribution in [0.2, 0.25) is 0 Å². The maximum Gasteiger partial charge on any atom is 0.323 e. The first-order valence-corrected chi connectivity index (χ1v) is 9.35. The van der Waals surface area contributed by atoms with Gasteiger partial charge in [-0.2, -0.15) is 0 Å². The summed E-state index contributed by atoms with van der Waals surface area (Å²) >= 11 is 1.51. The topological polar surface area (TPSA) is 57.7 Å². The Morgan fingerprint density at radius 1 is 1.29 bits per heavy atom. The van der Waals surface area contributed by atoms with E-state index in [9.17, 15) is 4.79 Å². The fourth-order valence-electron chi connectivity index (χ4n) is 3.31. The number of urea groups is 1. The van der Waals surface area contributed by atoms with E-state index in [1.165, 1.54) is 17.8 Å². The number of hydrogen-bond donors (Lipinski definition) is 1. The van der Waals surface area contributed by atoms with Gasteiger partial charge in [0.15, 0.2) is 5.13 Å². The quantitative estimate of drug-likeness (QED) is 0.928. The first-order chi connectivity index (χ1) is 11.8. The Morgan fingerprint density at radius 3 is 2.88 bits per heavy atom. The van der Waals surface area contributed by atoms with E-state index in [4.69, 9.17) is 4.74 Å². The van der Waals surface area contributed by atoms with Crippen molar-refractivity contribution in [2.45, 2.75) is 18.9 Å². The molecule has 2 fully saturated rings. The number of thiazole rings is 1. The van der Waals surface area contributed by atoms with Crippen LogP contribution in [0.25, 0.3) is 10.2 Å². The summed E-state index contributed by atoms with van der Waals surface area (Å²) in [7, 11) is 0. The average Bonchev–Trinajstić information content (AvgIpc) is 3.24. The molecule has 0 spiro atoms. The number of hydrogen-bond acceptors (Lipinski definition) is 5. The van der Waals surface area contributed by atoms with Crippen LogP contribution in [0, 0.1) is 0 Å². The smallest absolute Gasteiger partial charge is 0.323 e. The summed E-state index contributed by atoms with van der Waals surface area (Å²) in [6.45, 7) is 5.22. The molecule has 4 rings (SSSR count). The molecule has 2 aliphatic rings. The molecule has 2 saturated heterocycles. The van der Waals surface area contributed by atoms with Gasteiger partial charge in [-0.25, -0.2) is 9.78 Å². The molecule has 2 amide bonds. The molecule has 1 N–H and O–H groups in total. The van der Waals surface area contributed by atoms with E-state index in [-0.39, 0.29) is 6.03 Å². The van der Waals surface area contributed by atoms with Gasteiger partial charge in [0.1, 0.15) is 0 Å². The third-order valence-electron chi connectivity index (χ3n) is 4.65. The van der Waals surface area contributed by atoms with Gasteiger partial charge in [-0.05, 0) is 25.0 Å². The maximum atomic E-state index is 12.4. The van der Waals surface area contributed by atoms with Crippen molar-refractivity contribution in [1.29, 1.82) is 0 Å². The zero-order valence-electron chi connectivity index (χ0n) is 13.6. The highest BCUT2D eigenvalue weighted by atomic mass is 32.1. The monoisotopic (exact) mass is 346 g/mol. The highest BCUT2D eigenvalue weighted by Crippen LogP contribution is 2.25. The molecule has 0 bridgehead atoms. The lowest BCUT2D eigenvalue weighted by atomic mass is 10.2. The SMILES string of the molecule is O=C(Nc1nc2ccccc2s1)N1CCN(C[C@H]2CCCO2)CC1. The standard InChI is InChI=1S/C17H22N4O2S/c22-17(19-16-18-14-5-1-2-6-15(14)24-16)21-9-7-20(8-10-21)12-13-4-3-11-23-13/h1-2,5-6,13H,3-4,7-12H2,(H,18,19,22)/t13-/m1/s1. The Bertz CT molecular complexity index is 672. The molecule has 2 aromatic rings. The third-order valence-corrected chi connectivity index (χ3v) is 5.60. The number of nitrogens with zero attached hydrogens (tertiary/aromatic N) is 3. The number of fused-ring (bicyclic) bond motifs is 1. The van der Waals surface area contributed by atoms with Gasteiger partial charge in [0.25, 0.3) is 0 Å². The molecule has 128 valence electrons. The highest BCUT2D eigenvalue weighted by molar-refractivity contribution is 7.22. The molecule has 1 aromatic carbocycles. The minimum atomic E-state index is -0.0502. The van der Waals surface area contributed by atoms with E-state index in [2.05, 4.69) is 15.2 Å². The van der Waals surface area contributed by atoms with Crippen molar-refractivity contribution < 1.29 is 9.53 Å². The molecular weight excluding hydrogens is 324 g/mol. The number of amides is 2.